The van der Waals surface area contributed by atoms with Crippen molar-refractivity contribution in [2.24, 2.45) is 11.1 Å². The quantitative estimate of drug-likeness (QED) is 0.794. The minimum atomic E-state index is 0.221. The molecule has 1 aromatic carbocycles. The number of likely N-dealkylation sites (N-methyl/N-ethyl adjacent to an activating group) is 1. The van der Waals surface area contributed by atoms with Crippen LogP contribution in [0.3, 0.4) is 0 Å². The molecule has 0 aliphatic heterocycles. The maximum atomic E-state index is 5.80. The summed E-state index contributed by atoms with van der Waals surface area (Å²) in [5, 5.41) is 0. The van der Waals surface area contributed by atoms with Gasteiger partial charge in [-0.15, -0.1) is 0 Å². The first kappa shape index (κ1) is 17.0. The second-order valence-corrected chi connectivity index (χ2v) is 6.46. The first-order valence-electron chi connectivity index (χ1n) is 7.42. The third-order valence-electron chi connectivity index (χ3n) is 4.15. The second-order valence-electron chi connectivity index (χ2n) is 6.46. The molecule has 0 amide bonds. The molecule has 1 unspecified atom stereocenters. The molecule has 0 saturated heterocycles. The van der Waals surface area contributed by atoms with E-state index in [4.69, 9.17) is 10.5 Å². The molecule has 2 N–H and O–H groups in total. The lowest BCUT2D eigenvalue weighted by Crippen LogP contribution is -2.35. The Balaban J connectivity index is 2.55. The molecule has 1 atom stereocenters. The van der Waals surface area contributed by atoms with E-state index in [1.807, 2.05) is 12.1 Å². The van der Waals surface area contributed by atoms with Gasteiger partial charge in [0.25, 0.3) is 0 Å². The van der Waals surface area contributed by atoms with Gasteiger partial charge < -0.3 is 15.4 Å². The number of para-hydroxylation sites is 1. The maximum absolute atomic E-state index is 5.80. The molecule has 0 aliphatic rings. The highest BCUT2D eigenvalue weighted by Crippen LogP contribution is 2.22. The Morgan fingerprint density at radius 1 is 1.30 bits per heavy atom. The Morgan fingerprint density at radius 2 is 1.95 bits per heavy atom. The molecule has 20 heavy (non-hydrogen) atoms. The van der Waals surface area contributed by atoms with Crippen molar-refractivity contribution in [3.8, 4) is 5.75 Å². The number of hydrogen-bond acceptors (Lipinski definition) is 3. The zero-order valence-corrected chi connectivity index (χ0v) is 13.6. The summed E-state index contributed by atoms with van der Waals surface area (Å²) in [6.45, 7) is 8.53. The zero-order valence-electron chi connectivity index (χ0n) is 13.6. The van der Waals surface area contributed by atoms with Crippen molar-refractivity contribution in [3.05, 3.63) is 29.8 Å². The number of benzene rings is 1. The molecular formula is C17H30N2O. The highest BCUT2D eigenvalue weighted by Gasteiger charge is 2.18. The summed E-state index contributed by atoms with van der Waals surface area (Å²) in [4.78, 5) is 2.41. The average Bonchev–Trinajstić information content (AvgIpc) is 2.45. The largest absolute Gasteiger partial charge is 0.496 e. The fourth-order valence-corrected chi connectivity index (χ4v) is 2.15. The third kappa shape index (κ3) is 5.14. The van der Waals surface area contributed by atoms with Crippen LogP contribution < -0.4 is 10.5 Å². The number of nitrogens with two attached hydrogens (primary N) is 1. The van der Waals surface area contributed by atoms with Crippen LogP contribution in [0.4, 0.5) is 0 Å². The molecule has 0 bridgehead atoms. The van der Waals surface area contributed by atoms with E-state index in [9.17, 15) is 0 Å². The molecule has 0 radical (unpaired) electrons. The number of hydrogen-bond donors (Lipinski definition) is 1. The van der Waals surface area contributed by atoms with Crippen LogP contribution in [0, 0.1) is 5.41 Å². The molecule has 0 aromatic heterocycles. The van der Waals surface area contributed by atoms with Gasteiger partial charge in [0.15, 0.2) is 0 Å². The fraction of sp³-hybridized carbons (Fsp3) is 0.647. The lowest BCUT2D eigenvalue weighted by molar-refractivity contribution is 0.209. The van der Waals surface area contributed by atoms with Crippen molar-refractivity contribution in [2.45, 2.75) is 39.7 Å². The number of ether oxygens (including phenoxy) is 1. The first-order chi connectivity index (χ1) is 9.39. The van der Waals surface area contributed by atoms with E-state index in [0.717, 1.165) is 31.7 Å². The van der Waals surface area contributed by atoms with Crippen molar-refractivity contribution < 1.29 is 4.74 Å². The monoisotopic (exact) mass is 278 g/mol. The van der Waals surface area contributed by atoms with Crippen molar-refractivity contribution in [2.75, 3.05) is 27.2 Å². The van der Waals surface area contributed by atoms with Crippen LogP contribution in [0.25, 0.3) is 0 Å². The molecule has 0 saturated carbocycles. The number of rotatable bonds is 8. The van der Waals surface area contributed by atoms with E-state index >= 15 is 0 Å². The summed E-state index contributed by atoms with van der Waals surface area (Å²) in [5.74, 6) is 0.982. The summed E-state index contributed by atoms with van der Waals surface area (Å²) in [5.41, 5.74) is 7.29. The van der Waals surface area contributed by atoms with Crippen molar-refractivity contribution in [1.82, 2.24) is 4.90 Å². The van der Waals surface area contributed by atoms with Gasteiger partial charge in [0.2, 0.25) is 0 Å². The van der Waals surface area contributed by atoms with Crippen LogP contribution in [-0.4, -0.2) is 38.2 Å². The number of nitrogens with zero attached hydrogens (tertiary/aromatic N) is 1. The lowest BCUT2D eigenvalue weighted by atomic mass is 9.89. The molecule has 3 nitrogen and oxygen atoms in total. The van der Waals surface area contributed by atoms with Gasteiger partial charge in [-0.25, -0.2) is 0 Å². The van der Waals surface area contributed by atoms with E-state index in [-0.39, 0.29) is 5.41 Å². The smallest absolute Gasteiger partial charge is 0.122 e. The Hall–Kier alpha value is -1.06. The maximum Gasteiger partial charge on any atom is 0.122 e. The van der Waals surface area contributed by atoms with Gasteiger partial charge in [0.05, 0.1) is 7.11 Å². The van der Waals surface area contributed by atoms with E-state index in [0.29, 0.717) is 6.04 Å². The van der Waals surface area contributed by atoms with Crippen LogP contribution in [-0.2, 0) is 6.42 Å². The summed E-state index contributed by atoms with van der Waals surface area (Å²) in [6.07, 6.45) is 2.12. The second kappa shape index (κ2) is 7.65. The Bertz CT molecular complexity index is 404. The summed E-state index contributed by atoms with van der Waals surface area (Å²) in [6, 6.07) is 8.75. The molecule has 0 aliphatic carbocycles. The van der Waals surface area contributed by atoms with Gasteiger partial charge in [0.1, 0.15) is 5.75 Å². The molecule has 0 heterocycles. The Morgan fingerprint density at radius 3 is 2.55 bits per heavy atom. The summed E-state index contributed by atoms with van der Waals surface area (Å²) >= 11 is 0. The average molecular weight is 278 g/mol. The first-order valence-corrected chi connectivity index (χ1v) is 7.42. The van der Waals surface area contributed by atoms with E-state index in [1.54, 1.807) is 7.11 Å². The number of methoxy groups -OCH3 is 1. The van der Waals surface area contributed by atoms with Crippen molar-refractivity contribution in [1.29, 1.82) is 0 Å². The van der Waals surface area contributed by atoms with Gasteiger partial charge >= 0.3 is 0 Å². The van der Waals surface area contributed by atoms with Crippen LogP contribution in [0.1, 0.15) is 32.8 Å². The van der Waals surface area contributed by atoms with Gasteiger partial charge in [-0.3, -0.25) is 0 Å². The lowest BCUT2D eigenvalue weighted by Gasteiger charge is -2.30. The standard InChI is InChI=1S/C17H30N2O/c1-14(19(4)11-10-17(2,3)13-18)12-15-8-6-7-9-16(15)20-5/h6-9,14H,10-13,18H2,1-5H3. The van der Waals surface area contributed by atoms with Gasteiger partial charge in [-0.1, -0.05) is 32.0 Å². The molecule has 1 rings (SSSR count). The van der Waals surface area contributed by atoms with Gasteiger partial charge in [-0.2, -0.15) is 0 Å². The minimum absolute atomic E-state index is 0.221. The highest BCUT2D eigenvalue weighted by atomic mass is 16.5. The Labute approximate surface area is 124 Å². The molecule has 1 aromatic rings. The normalized spacial score (nSPS) is 13.6. The summed E-state index contributed by atoms with van der Waals surface area (Å²) < 4.78 is 5.42. The van der Waals surface area contributed by atoms with E-state index in [2.05, 4.69) is 44.9 Å². The molecular weight excluding hydrogens is 248 g/mol. The predicted octanol–water partition coefficient (Wildman–Crippen LogP) is 2.93. The molecule has 0 fully saturated rings. The van der Waals surface area contributed by atoms with Crippen molar-refractivity contribution >= 4 is 0 Å². The van der Waals surface area contributed by atoms with Crippen molar-refractivity contribution in [3.63, 3.8) is 0 Å². The van der Waals surface area contributed by atoms with Crippen LogP contribution in [0.5, 0.6) is 5.75 Å². The Kier molecular flexibility index (Phi) is 6.50. The van der Waals surface area contributed by atoms with Crippen LogP contribution in [0.15, 0.2) is 24.3 Å². The fourth-order valence-electron chi connectivity index (χ4n) is 2.15. The van der Waals surface area contributed by atoms with E-state index < -0.39 is 0 Å². The minimum Gasteiger partial charge on any atom is -0.496 e. The van der Waals surface area contributed by atoms with Crippen LogP contribution in [0.2, 0.25) is 0 Å². The summed E-state index contributed by atoms with van der Waals surface area (Å²) in [7, 11) is 3.92. The van der Waals surface area contributed by atoms with E-state index in [1.165, 1.54) is 5.56 Å². The van der Waals surface area contributed by atoms with Crippen LogP contribution >= 0.6 is 0 Å². The SMILES string of the molecule is COc1ccccc1CC(C)N(C)CCC(C)(C)CN. The van der Waals surface area contributed by atoms with Gasteiger partial charge in [-0.05, 0) is 56.9 Å². The zero-order chi connectivity index (χ0) is 15.2. The van der Waals surface area contributed by atoms with Gasteiger partial charge in [0, 0.05) is 6.04 Å². The molecule has 3 heteroatoms. The third-order valence-corrected chi connectivity index (χ3v) is 4.15. The highest BCUT2D eigenvalue weighted by molar-refractivity contribution is 5.33. The predicted molar refractivity (Wildman–Crippen MR) is 86.2 cm³/mol. The topological polar surface area (TPSA) is 38.5 Å². The molecule has 0 spiro atoms. The molecule has 114 valence electrons.